The molecule has 0 unspecified atom stereocenters. The number of rotatable bonds is 1. The van der Waals surface area contributed by atoms with Gasteiger partial charge in [-0.05, 0) is 0 Å². The molecule has 0 bridgehead atoms. The molecule has 0 aromatic carbocycles. The van der Waals surface area contributed by atoms with Gasteiger partial charge in [0, 0.05) is 0 Å². The minimum Gasteiger partial charge on any atom is -0.338 e. The Labute approximate surface area is 41.7 Å². The number of nitrogens with zero attached hydrogens (tertiary/aromatic N) is 2. The highest BCUT2D eigenvalue weighted by molar-refractivity contribution is 4.69. The lowest BCUT2D eigenvalue weighted by molar-refractivity contribution is 0.379. The van der Waals surface area contributed by atoms with E-state index in [0.717, 1.165) is 0 Å². The van der Waals surface area contributed by atoms with Crippen molar-refractivity contribution in [1.29, 1.82) is 0 Å². The highest BCUT2D eigenvalue weighted by Gasteiger charge is 1.88. The molecular weight excluding hydrogens is 94.1 g/mol. The Kier molecular flexibility index (Phi) is 0.765. The van der Waals surface area contributed by atoms with Crippen LogP contribution >= 0.6 is 0 Å². The molecule has 0 saturated heterocycles. The minimum atomic E-state index is -0.120. The Balaban J connectivity index is 2.84. The van der Waals surface area contributed by atoms with Gasteiger partial charge < -0.3 is 10.3 Å². The van der Waals surface area contributed by atoms with Crippen molar-refractivity contribution in [2.45, 2.75) is 6.54 Å². The Bertz CT molecular complexity index is 175. The van der Waals surface area contributed by atoms with Crippen molar-refractivity contribution in [3.05, 3.63) is 12.2 Å². The summed E-state index contributed by atoms with van der Waals surface area (Å²) >= 11 is 0. The van der Waals surface area contributed by atoms with E-state index in [9.17, 15) is 0 Å². The van der Waals surface area contributed by atoms with Gasteiger partial charge >= 0.3 is 0 Å². The maximum absolute atomic E-state index is 6.75. The second kappa shape index (κ2) is 1.70. The first-order valence-corrected chi connectivity index (χ1v) is 1.82. The summed E-state index contributed by atoms with van der Waals surface area (Å²) < 4.78 is 11.2. The van der Waals surface area contributed by atoms with Crippen LogP contribution in [0.1, 0.15) is 7.26 Å². The Morgan fingerprint density at radius 3 is 3.29 bits per heavy atom. The predicted molar refractivity (Wildman–Crippen MR) is 22.2 cm³/mol. The van der Waals surface area contributed by atoms with Crippen LogP contribution in [0.25, 0.3) is 0 Å². The Hall–Kier alpha value is -0.900. The SMILES string of the molecule is [2H]c1noc(CN)n1. The van der Waals surface area contributed by atoms with Crippen molar-refractivity contribution in [3.8, 4) is 0 Å². The fraction of sp³-hybridized carbons (Fsp3) is 0.333. The van der Waals surface area contributed by atoms with E-state index in [-0.39, 0.29) is 12.8 Å². The van der Waals surface area contributed by atoms with E-state index < -0.39 is 0 Å². The molecule has 1 aromatic rings. The molecule has 1 rings (SSSR count). The first-order chi connectivity index (χ1) is 3.83. The van der Waals surface area contributed by atoms with Crippen molar-refractivity contribution >= 4 is 0 Å². The van der Waals surface area contributed by atoms with E-state index >= 15 is 0 Å². The number of aromatic nitrogens is 2. The third-order valence-electron chi connectivity index (χ3n) is 0.541. The summed E-state index contributed by atoms with van der Waals surface area (Å²) in [5, 5.41) is 3.19. The average molecular weight is 100 g/mol. The molecule has 2 N–H and O–H groups in total. The first kappa shape index (κ1) is 3.15. The van der Waals surface area contributed by atoms with Gasteiger partial charge in [0.1, 0.15) is 1.37 Å². The summed E-state index contributed by atoms with van der Waals surface area (Å²) in [6.07, 6.45) is -0.120. The van der Waals surface area contributed by atoms with E-state index in [1.54, 1.807) is 0 Å². The van der Waals surface area contributed by atoms with E-state index in [0.29, 0.717) is 5.89 Å². The standard InChI is InChI=1S/C3H5N3O/c4-1-3-5-2-6-7-3/h2H,1,4H2/i2D. The molecule has 0 radical (unpaired) electrons. The minimum absolute atomic E-state index is 0.120. The van der Waals surface area contributed by atoms with Crippen molar-refractivity contribution in [2.75, 3.05) is 0 Å². The zero-order chi connectivity index (χ0) is 5.98. The lowest BCUT2D eigenvalue weighted by Crippen LogP contribution is -1.94. The van der Waals surface area contributed by atoms with Gasteiger partial charge in [0.25, 0.3) is 0 Å². The smallest absolute Gasteiger partial charge is 0.240 e. The Morgan fingerprint density at radius 1 is 2.14 bits per heavy atom. The zero-order valence-corrected chi connectivity index (χ0v) is 3.59. The molecule has 7 heavy (non-hydrogen) atoms. The molecule has 0 aliphatic rings. The van der Waals surface area contributed by atoms with Crippen LogP contribution in [0.15, 0.2) is 10.8 Å². The molecule has 38 valence electrons. The molecule has 1 heterocycles. The average Bonchev–Trinajstić information content (AvgIpc) is 2.14. The monoisotopic (exact) mass is 100 g/mol. The van der Waals surface area contributed by atoms with Gasteiger partial charge in [-0.25, -0.2) is 0 Å². The van der Waals surface area contributed by atoms with E-state index in [1.165, 1.54) is 0 Å². The number of hydrogen-bond acceptors (Lipinski definition) is 4. The van der Waals surface area contributed by atoms with Crippen molar-refractivity contribution in [1.82, 2.24) is 10.1 Å². The molecule has 0 saturated carbocycles. The quantitative estimate of drug-likeness (QED) is 0.518. The molecule has 4 nitrogen and oxygen atoms in total. The predicted octanol–water partition coefficient (Wildman–Crippen LogP) is -0.472. The lowest BCUT2D eigenvalue weighted by atomic mass is 10.7. The summed E-state index contributed by atoms with van der Waals surface area (Å²) in [7, 11) is 0. The lowest BCUT2D eigenvalue weighted by Gasteiger charge is -1.75. The summed E-state index contributed by atoms with van der Waals surface area (Å²) in [4.78, 5) is 3.49. The van der Waals surface area contributed by atoms with Gasteiger partial charge in [0.15, 0.2) is 6.30 Å². The fourth-order valence-corrected chi connectivity index (χ4v) is 0.253. The third-order valence-corrected chi connectivity index (χ3v) is 0.541. The highest BCUT2D eigenvalue weighted by Crippen LogP contribution is 1.84. The molecule has 0 aliphatic heterocycles. The molecule has 1 aromatic heterocycles. The first-order valence-electron chi connectivity index (χ1n) is 2.32. The summed E-state index contributed by atoms with van der Waals surface area (Å²) in [5.74, 6) is 0.301. The van der Waals surface area contributed by atoms with Crippen molar-refractivity contribution in [2.24, 2.45) is 5.73 Å². The molecule has 0 aliphatic carbocycles. The van der Waals surface area contributed by atoms with Gasteiger partial charge in [0.2, 0.25) is 5.89 Å². The maximum atomic E-state index is 6.75. The normalized spacial score (nSPS) is 11.3. The number of nitrogens with two attached hydrogens (primary N) is 1. The van der Waals surface area contributed by atoms with E-state index in [1.807, 2.05) is 0 Å². The van der Waals surface area contributed by atoms with Crippen LogP contribution in [-0.2, 0) is 6.54 Å². The van der Waals surface area contributed by atoms with Crippen LogP contribution in [0, 0.1) is 0 Å². The van der Waals surface area contributed by atoms with Crippen LogP contribution in [0.5, 0.6) is 0 Å². The van der Waals surface area contributed by atoms with Crippen LogP contribution in [0.2, 0.25) is 0 Å². The topological polar surface area (TPSA) is 64.9 Å². The fourth-order valence-electron chi connectivity index (χ4n) is 0.253. The second-order valence-corrected chi connectivity index (χ2v) is 0.992. The van der Waals surface area contributed by atoms with Crippen LogP contribution in [0.4, 0.5) is 0 Å². The second-order valence-electron chi connectivity index (χ2n) is 0.992. The summed E-state index contributed by atoms with van der Waals surface area (Å²) in [5.41, 5.74) is 5.08. The summed E-state index contributed by atoms with van der Waals surface area (Å²) in [6, 6.07) is 0. The van der Waals surface area contributed by atoms with Gasteiger partial charge in [-0.3, -0.25) is 0 Å². The third kappa shape index (κ3) is 0.747. The molecule has 0 spiro atoms. The van der Waals surface area contributed by atoms with Crippen molar-refractivity contribution in [3.63, 3.8) is 0 Å². The Morgan fingerprint density at radius 2 is 3.00 bits per heavy atom. The van der Waals surface area contributed by atoms with Gasteiger partial charge in [-0.2, -0.15) is 4.98 Å². The van der Waals surface area contributed by atoms with Crippen LogP contribution in [0.3, 0.4) is 0 Å². The van der Waals surface area contributed by atoms with Crippen molar-refractivity contribution < 1.29 is 5.89 Å². The van der Waals surface area contributed by atoms with Gasteiger partial charge in [-0.15, -0.1) is 0 Å². The molecular formula is C3H5N3O. The van der Waals surface area contributed by atoms with E-state index in [4.69, 9.17) is 7.10 Å². The highest BCUT2D eigenvalue weighted by atomic mass is 16.5. The van der Waals surface area contributed by atoms with Gasteiger partial charge in [-0.1, -0.05) is 5.16 Å². The molecule has 0 amide bonds. The zero-order valence-electron chi connectivity index (χ0n) is 4.59. The largest absolute Gasteiger partial charge is 0.338 e. The number of hydrogen-bond donors (Lipinski definition) is 1. The van der Waals surface area contributed by atoms with E-state index in [2.05, 4.69) is 14.7 Å². The van der Waals surface area contributed by atoms with Gasteiger partial charge in [0.05, 0.1) is 6.54 Å². The molecule has 0 fully saturated rings. The molecule has 0 atom stereocenters. The summed E-state index contributed by atoms with van der Waals surface area (Å²) in [6.45, 7) is 0.200. The van der Waals surface area contributed by atoms with Crippen LogP contribution in [-0.4, -0.2) is 10.1 Å². The van der Waals surface area contributed by atoms with Crippen LogP contribution < -0.4 is 5.73 Å². The molecule has 4 heteroatoms. The maximum Gasteiger partial charge on any atom is 0.240 e.